The fraction of sp³-hybridized carbons (Fsp3) is 0.895. The predicted octanol–water partition coefficient (Wildman–Crippen LogP) is 3.48. The lowest BCUT2D eigenvalue weighted by atomic mass is 9.85. The van der Waals surface area contributed by atoms with E-state index in [1.54, 1.807) is 4.90 Å². The van der Waals surface area contributed by atoms with Crippen LogP contribution in [0.5, 0.6) is 0 Å². The number of halogens is 1. The number of rotatable bonds is 6. The molecule has 2 fully saturated rings. The van der Waals surface area contributed by atoms with Crippen molar-refractivity contribution < 1.29 is 4.79 Å². The summed E-state index contributed by atoms with van der Waals surface area (Å²) in [6, 6.07) is 0.494. The molecule has 5 nitrogen and oxygen atoms in total. The van der Waals surface area contributed by atoms with Crippen LogP contribution in [0, 0.1) is 5.41 Å². The first-order valence-corrected chi connectivity index (χ1v) is 11.1. The van der Waals surface area contributed by atoms with Crippen molar-refractivity contribution >= 4 is 47.6 Å². The van der Waals surface area contributed by atoms with Gasteiger partial charge in [0.1, 0.15) is 0 Å². The van der Waals surface area contributed by atoms with Gasteiger partial charge in [0.05, 0.1) is 12.0 Å². The van der Waals surface area contributed by atoms with Crippen LogP contribution >= 0.6 is 35.7 Å². The maximum atomic E-state index is 12.7. The summed E-state index contributed by atoms with van der Waals surface area (Å²) in [5.74, 6) is 1.12. The maximum absolute atomic E-state index is 12.7. The molecular formula is C19H37IN4OS. The topological polar surface area (TPSA) is 56.7 Å². The van der Waals surface area contributed by atoms with Gasteiger partial charge in [-0.3, -0.25) is 9.79 Å². The molecule has 26 heavy (non-hydrogen) atoms. The van der Waals surface area contributed by atoms with E-state index in [0.717, 1.165) is 43.4 Å². The van der Waals surface area contributed by atoms with E-state index in [2.05, 4.69) is 23.8 Å². The maximum Gasteiger partial charge on any atom is 0.230 e. The molecule has 0 aromatic heterocycles. The minimum Gasteiger partial charge on any atom is -0.357 e. The first-order valence-electron chi connectivity index (χ1n) is 9.80. The smallest absolute Gasteiger partial charge is 0.230 e. The van der Waals surface area contributed by atoms with Crippen molar-refractivity contribution in [3.8, 4) is 0 Å². The minimum atomic E-state index is -0.291. The normalized spacial score (nSPS) is 25.3. The summed E-state index contributed by atoms with van der Waals surface area (Å²) in [5.41, 5.74) is -0.291. The van der Waals surface area contributed by atoms with Gasteiger partial charge in [0, 0.05) is 31.9 Å². The SMILES string of the molecule is CCNC(=NCC1(C(=O)N(C)C)CCCC1)NC1CCCC(SC)C1.I. The van der Waals surface area contributed by atoms with E-state index in [1.165, 1.54) is 25.7 Å². The standard InChI is InChI=1S/C19H36N4OS.HI/c1-5-20-18(22-15-9-8-10-16(13-15)25-4)21-14-19(11-6-7-12-19)17(24)23(2)3;/h15-16H,5-14H2,1-4H3,(H2,20,21,22);1H. The lowest BCUT2D eigenvalue weighted by molar-refractivity contribution is -0.138. The molecular weight excluding hydrogens is 459 g/mol. The molecule has 2 unspecified atom stereocenters. The van der Waals surface area contributed by atoms with Crippen LogP contribution in [0.15, 0.2) is 4.99 Å². The summed E-state index contributed by atoms with van der Waals surface area (Å²) in [4.78, 5) is 19.3. The van der Waals surface area contributed by atoms with Crippen molar-refractivity contribution in [3.05, 3.63) is 0 Å². The van der Waals surface area contributed by atoms with Crippen LogP contribution in [0.25, 0.3) is 0 Å². The third-order valence-electron chi connectivity index (χ3n) is 5.60. The molecule has 2 aliphatic rings. The third kappa shape index (κ3) is 6.46. The van der Waals surface area contributed by atoms with Gasteiger partial charge in [-0.1, -0.05) is 19.3 Å². The van der Waals surface area contributed by atoms with E-state index in [1.807, 2.05) is 25.9 Å². The van der Waals surface area contributed by atoms with Crippen molar-refractivity contribution in [2.45, 2.75) is 69.6 Å². The van der Waals surface area contributed by atoms with Gasteiger partial charge >= 0.3 is 0 Å². The Bertz CT molecular complexity index is 466. The van der Waals surface area contributed by atoms with Crippen LogP contribution in [0.4, 0.5) is 0 Å². The Morgan fingerprint density at radius 3 is 2.50 bits per heavy atom. The van der Waals surface area contributed by atoms with Crippen molar-refractivity contribution in [3.63, 3.8) is 0 Å². The molecule has 2 rings (SSSR count). The van der Waals surface area contributed by atoms with Crippen molar-refractivity contribution in [2.75, 3.05) is 33.4 Å². The lowest BCUT2D eigenvalue weighted by Gasteiger charge is -2.31. The highest BCUT2D eigenvalue weighted by Gasteiger charge is 2.42. The summed E-state index contributed by atoms with van der Waals surface area (Å²) in [6.07, 6.45) is 11.4. The number of hydrogen-bond acceptors (Lipinski definition) is 3. The fourth-order valence-electron chi connectivity index (χ4n) is 4.20. The highest BCUT2D eigenvalue weighted by atomic mass is 127. The quantitative estimate of drug-likeness (QED) is 0.336. The van der Waals surface area contributed by atoms with Crippen LogP contribution in [0.3, 0.4) is 0 Å². The zero-order chi connectivity index (χ0) is 18.3. The van der Waals surface area contributed by atoms with Crippen molar-refractivity contribution in [2.24, 2.45) is 10.4 Å². The molecule has 1 amide bonds. The van der Waals surface area contributed by atoms with Gasteiger partial charge in [0.15, 0.2) is 5.96 Å². The summed E-state index contributed by atoms with van der Waals surface area (Å²) >= 11 is 1.98. The van der Waals surface area contributed by atoms with Crippen LogP contribution in [-0.2, 0) is 4.79 Å². The van der Waals surface area contributed by atoms with Gasteiger partial charge in [-0.2, -0.15) is 11.8 Å². The van der Waals surface area contributed by atoms with Crippen LogP contribution in [-0.4, -0.2) is 61.5 Å². The van der Waals surface area contributed by atoms with Gasteiger partial charge in [-0.05, 0) is 45.3 Å². The summed E-state index contributed by atoms with van der Waals surface area (Å²) in [7, 11) is 3.72. The van der Waals surface area contributed by atoms with E-state index in [4.69, 9.17) is 4.99 Å². The van der Waals surface area contributed by atoms with Gasteiger partial charge in [-0.25, -0.2) is 0 Å². The Morgan fingerprint density at radius 1 is 1.23 bits per heavy atom. The van der Waals surface area contributed by atoms with Crippen molar-refractivity contribution in [1.29, 1.82) is 0 Å². The Labute approximate surface area is 180 Å². The summed E-state index contributed by atoms with van der Waals surface area (Å²) in [6.45, 7) is 3.54. The molecule has 7 heteroatoms. The number of nitrogens with one attached hydrogen (secondary N) is 2. The van der Waals surface area contributed by atoms with E-state index in [9.17, 15) is 4.79 Å². The van der Waals surface area contributed by atoms with Gasteiger partial charge < -0.3 is 15.5 Å². The number of guanidine groups is 1. The lowest BCUT2D eigenvalue weighted by Crippen LogP contribution is -2.47. The molecule has 2 saturated carbocycles. The minimum absolute atomic E-state index is 0. The van der Waals surface area contributed by atoms with Crippen LogP contribution in [0.1, 0.15) is 58.3 Å². The van der Waals surface area contributed by atoms with E-state index >= 15 is 0 Å². The Balaban J connectivity index is 0.00000338. The summed E-state index contributed by atoms with van der Waals surface area (Å²) < 4.78 is 0. The molecule has 0 bridgehead atoms. The second-order valence-electron chi connectivity index (χ2n) is 7.75. The van der Waals surface area contributed by atoms with Gasteiger partial charge in [0.2, 0.25) is 5.91 Å². The molecule has 0 spiro atoms. The average Bonchev–Trinajstić information content (AvgIpc) is 3.09. The molecule has 152 valence electrons. The van der Waals surface area contributed by atoms with Crippen LogP contribution < -0.4 is 10.6 Å². The highest BCUT2D eigenvalue weighted by Crippen LogP contribution is 2.39. The number of aliphatic imine (C=N–C) groups is 1. The zero-order valence-corrected chi connectivity index (χ0v) is 20.0. The Kier molecular flexibility index (Phi) is 10.7. The second-order valence-corrected chi connectivity index (χ2v) is 8.89. The van der Waals surface area contributed by atoms with E-state index in [0.29, 0.717) is 12.6 Å². The Morgan fingerprint density at radius 2 is 1.92 bits per heavy atom. The van der Waals surface area contributed by atoms with Gasteiger partial charge in [0.25, 0.3) is 0 Å². The molecule has 2 N–H and O–H groups in total. The average molecular weight is 497 g/mol. The number of amides is 1. The first-order chi connectivity index (χ1) is 12.0. The molecule has 0 aromatic carbocycles. The zero-order valence-electron chi connectivity index (χ0n) is 16.8. The predicted molar refractivity (Wildman–Crippen MR) is 124 cm³/mol. The van der Waals surface area contributed by atoms with Gasteiger partial charge in [-0.15, -0.1) is 24.0 Å². The van der Waals surface area contributed by atoms with Crippen molar-refractivity contribution in [1.82, 2.24) is 15.5 Å². The largest absolute Gasteiger partial charge is 0.357 e. The number of thioether (sulfide) groups is 1. The number of carbonyl (C=O) groups excluding carboxylic acids is 1. The highest BCUT2D eigenvalue weighted by molar-refractivity contribution is 14.0. The fourth-order valence-corrected chi connectivity index (χ4v) is 5.03. The number of nitrogens with zero attached hydrogens (tertiary/aromatic N) is 2. The molecule has 0 aliphatic heterocycles. The molecule has 2 atom stereocenters. The second kappa shape index (κ2) is 11.6. The number of hydrogen-bond donors (Lipinski definition) is 2. The van der Waals surface area contributed by atoms with E-state index < -0.39 is 0 Å². The molecule has 2 aliphatic carbocycles. The Hall–Kier alpha value is -0.180. The summed E-state index contributed by atoms with van der Waals surface area (Å²) in [5, 5.41) is 7.77. The first kappa shape index (κ1) is 23.9. The molecule has 0 aromatic rings. The molecule has 0 heterocycles. The monoisotopic (exact) mass is 496 g/mol. The van der Waals surface area contributed by atoms with Crippen LogP contribution in [0.2, 0.25) is 0 Å². The van der Waals surface area contributed by atoms with E-state index in [-0.39, 0.29) is 35.3 Å². The molecule has 0 radical (unpaired) electrons. The number of carbonyl (C=O) groups is 1. The molecule has 0 saturated heterocycles. The third-order valence-corrected chi connectivity index (χ3v) is 6.70.